The molecule has 0 aliphatic carbocycles. The molecule has 0 saturated carbocycles. The molecule has 23 heavy (non-hydrogen) atoms. The number of carbonyl (C=O) groups is 1. The summed E-state index contributed by atoms with van der Waals surface area (Å²) in [5, 5.41) is 0.875. The zero-order valence-electron chi connectivity index (χ0n) is 14.0. The Kier molecular flexibility index (Phi) is 4.17. The molecule has 1 aromatic heterocycles. The Bertz CT molecular complexity index is 730. The summed E-state index contributed by atoms with van der Waals surface area (Å²) in [5.41, 5.74) is 1.40. The van der Waals surface area contributed by atoms with Gasteiger partial charge >= 0.3 is 0 Å². The Balaban J connectivity index is 2.01. The Morgan fingerprint density at radius 3 is 2.43 bits per heavy atom. The second kappa shape index (κ2) is 6.12. The third-order valence-electron chi connectivity index (χ3n) is 4.43. The monoisotopic (exact) mass is 318 g/mol. The van der Waals surface area contributed by atoms with Crippen molar-refractivity contribution < 1.29 is 18.7 Å². The van der Waals surface area contributed by atoms with Gasteiger partial charge in [-0.2, -0.15) is 0 Å². The van der Waals surface area contributed by atoms with E-state index in [9.17, 15) is 4.79 Å². The number of furan rings is 1. The lowest BCUT2D eigenvalue weighted by atomic mass is 10.1. The van der Waals surface area contributed by atoms with Gasteiger partial charge in [-0.3, -0.25) is 4.79 Å². The number of methoxy groups -OCH3 is 2. The number of hydrogen-bond acceptors (Lipinski definition) is 5. The molecule has 0 atom stereocenters. The smallest absolute Gasteiger partial charge is 0.289 e. The average Bonchev–Trinajstić information content (AvgIpc) is 2.91. The molecule has 6 heteroatoms. The van der Waals surface area contributed by atoms with E-state index in [1.54, 1.807) is 14.2 Å². The van der Waals surface area contributed by atoms with Crippen molar-refractivity contribution in [3.05, 3.63) is 23.5 Å². The van der Waals surface area contributed by atoms with Crippen LogP contribution in [0.3, 0.4) is 0 Å². The van der Waals surface area contributed by atoms with Crippen LogP contribution >= 0.6 is 0 Å². The second-order valence-corrected chi connectivity index (χ2v) is 5.83. The molecule has 1 saturated heterocycles. The number of aryl methyl sites for hydroxylation is 1. The summed E-state index contributed by atoms with van der Waals surface area (Å²) in [6, 6.07) is 3.73. The van der Waals surface area contributed by atoms with Crippen molar-refractivity contribution >= 4 is 16.9 Å². The standard InChI is InChI=1S/C17H22N2O4/c1-11-12-5-6-13(21-3)16(22-4)15(12)23-14(11)17(20)19-9-7-18(2)8-10-19/h5-6H,7-10H2,1-4H3. The highest BCUT2D eigenvalue weighted by Gasteiger charge is 2.27. The van der Waals surface area contributed by atoms with Crippen LogP contribution in [0.25, 0.3) is 11.0 Å². The summed E-state index contributed by atoms with van der Waals surface area (Å²) in [4.78, 5) is 16.8. The molecular formula is C17H22N2O4. The summed E-state index contributed by atoms with van der Waals surface area (Å²) in [6.45, 7) is 5.09. The van der Waals surface area contributed by atoms with Crippen LogP contribution in [0.5, 0.6) is 11.5 Å². The summed E-state index contributed by atoms with van der Waals surface area (Å²) in [5.74, 6) is 1.43. The SMILES string of the molecule is COc1ccc2c(C)c(C(=O)N3CCN(C)CC3)oc2c1OC. The molecular weight excluding hydrogens is 296 g/mol. The van der Waals surface area contributed by atoms with Crippen LogP contribution in [0.1, 0.15) is 16.1 Å². The van der Waals surface area contributed by atoms with Gasteiger partial charge in [-0.15, -0.1) is 0 Å². The lowest BCUT2D eigenvalue weighted by Gasteiger charge is -2.31. The molecule has 1 amide bonds. The van der Waals surface area contributed by atoms with Crippen LogP contribution in [0, 0.1) is 6.92 Å². The average molecular weight is 318 g/mol. The number of piperazine rings is 1. The summed E-state index contributed by atoms with van der Waals surface area (Å²) in [7, 11) is 5.21. The molecule has 0 unspecified atom stereocenters. The second-order valence-electron chi connectivity index (χ2n) is 5.83. The molecule has 0 spiro atoms. The molecule has 2 heterocycles. The first-order chi connectivity index (χ1) is 11.1. The lowest BCUT2D eigenvalue weighted by molar-refractivity contribution is 0.0633. The minimum absolute atomic E-state index is 0.0622. The Morgan fingerprint density at radius 1 is 1.13 bits per heavy atom. The molecule has 0 N–H and O–H groups in total. The third kappa shape index (κ3) is 2.63. The summed E-state index contributed by atoms with van der Waals surface area (Å²) >= 11 is 0. The number of benzene rings is 1. The Labute approximate surface area is 135 Å². The van der Waals surface area contributed by atoms with E-state index in [0.29, 0.717) is 35.9 Å². The van der Waals surface area contributed by atoms with Crippen LogP contribution in [0.2, 0.25) is 0 Å². The first kappa shape index (κ1) is 15.7. The van der Waals surface area contributed by atoms with Crippen molar-refractivity contribution in [3.8, 4) is 11.5 Å². The minimum Gasteiger partial charge on any atom is -0.493 e. The third-order valence-corrected chi connectivity index (χ3v) is 4.43. The Morgan fingerprint density at radius 2 is 1.83 bits per heavy atom. The van der Waals surface area contributed by atoms with E-state index in [1.165, 1.54) is 0 Å². The van der Waals surface area contributed by atoms with Gasteiger partial charge in [-0.05, 0) is 26.1 Å². The molecule has 0 bridgehead atoms. The normalized spacial score (nSPS) is 15.9. The lowest BCUT2D eigenvalue weighted by Crippen LogP contribution is -2.47. The van der Waals surface area contributed by atoms with Crippen LogP contribution < -0.4 is 9.47 Å². The number of carbonyl (C=O) groups excluding carboxylic acids is 1. The molecule has 1 aliphatic heterocycles. The zero-order valence-corrected chi connectivity index (χ0v) is 14.0. The highest BCUT2D eigenvalue weighted by molar-refractivity contribution is 6.00. The van der Waals surface area contributed by atoms with Gasteiger partial charge in [0.1, 0.15) is 0 Å². The number of amides is 1. The van der Waals surface area contributed by atoms with Crippen molar-refractivity contribution in [2.45, 2.75) is 6.92 Å². The number of likely N-dealkylation sites (N-methyl/N-ethyl adjacent to an activating group) is 1. The van der Waals surface area contributed by atoms with Gasteiger partial charge in [-0.25, -0.2) is 0 Å². The maximum atomic E-state index is 12.8. The van der Waals surface area contributed by atoms with E-state index in [1.807, 2.05) is 24.0 Å². The molecule has 2 aromatic rings. The maximum absolute atomic E-state index is 12.8. The molecule has 3 rings (SSSR count). The van der Waals surface area contributed by atoms with Gasteiger partial charge in [0.05, 0.1) is 14.2 Å². The first-order valence-electron chi connectivity index (χ1n) is 7.68. The predicted octanol–water partition coefficient (Wildman–Crippen LogP) is 2.15. The van der Waals surface area contributed by atoms with Gasteiger partial charge in [-0.1, -0.05) is 0 Å². The Hall–Kier alpha value is -2.21. The predicted molar refractivity (Wildman–Crippen MR) is 87.5 cm³/mol. The quantitative estimate of drug-likeness (QED) is 0.868. The van der Waals surface area contributed by atoms with Crippen molar-refractivity contribution in [2.75, 3.05) is 47.4 Å². The minimum atomic E-state index is -0.0622. The van der Waals surface area contributed by atoms with E-state index >= 15 is 0 Å². The number of fused-ring (bicyclic) bond motifs is 1. The molecule has 1 aliphatic rings. The highest BCUT2D eigenvalue weighted by atomic mass is 16.5. The molecule has 1 aromatic carbocycles. The topological polar surface area (TPSA) is 55.2 Å². The van der Waals surface area contributed by atoms with Gasteiger partial charge < -0.3 is 23.7 Å². The number of ether oxygens (including phenoxy) is 2. The molecule has 124 valence electrons. The van der Waals surface area contributed by atoms with E-state index in [-0.39, 0.29) is 5.91 Å². The number of hydrogen-bond donors (Lipinski definition) is 0. The maximum Gasteiger partial charge on any atom is 0.289 e. The largest absolute Gasteiger partial charge is 0.493 e. The van der Waals surface area contributed by atoms with E-state index < -0.39 is 0 Å². The van der Waals surface area contributed by atoms with E-state index in [0.717, 1.165) is 24.0 Å². The van der Waals surface area contributed by atoms with Gasteiger partial charge in [0.2, 0.25) is 5.75 Å². The molecule has 6 nitrogen and oxygen atoms in total. The fraction of sp³-hybridized carbons (Fsp3) is 0.471. The van der Waals surface area contributed by atoms with Crippen LogP contribution in [0.4, 0.5) is 0 Å². The van der Waals surface area contributed by atoms with Crippen molar-refractivity contribution in [2.24, 2.45) is 0 Å². The van der Waals surface area contributed by atoms with Crippen LogP contribution in [-0.4, -0.2) is 63.2 Å². The molecule has 1 fully saturated rings. The van der Waals surface area contributed by atoms with Gasteiger partial charge in [0.25, 0.3) is 5.91 Å². The zero-order chi connectivity index (χ0) is 16.6. The summed E-state index contributed by atoms with van der Waals surface area (Å²) in [6.07, 6.45) is 0. The molecule has 0 radical (unpaired) electrons. The fourth-order valence-corrected chi connectivity index (χ4v) is 2.95. The van der Waals surface area contributed by atoms with Gasteiger partial charge in [0.15, 0.2) is 17.1 Å². The van der Waals surface area contributed by atoms with Crippen LogP contribution in [-0.2, 0) is 0 Å². The van der Waals surface area contributed by atoms with Crippen molar-refractivity contribution in [3.63, 3.8) is 0 Å². The van der Waals surface area contributed by atoms with Crippen molar-refractivity contribution in [1.82, 2.24) is 9.80 Å². The van der Waals surface area contributed by atoms with E-state index in [2.05, 4.69) is 11.9 Å². The number of nitrogens with zero attached hydrogens (tertiary/aromatic N) is 2. The number of rotatable bonds is 3. The van der Waals surface area contributed by atoms with Gasteiger partial charge in [0, 0.05) is 37.1 Å². The summed E-state index contributed by atoms with van der Waals surface area (Å²) < 4.78 is 16.6. The van der Waals surface area contributed by atoms with Crippen LogP contribution in [0.15, 0.2) is 16.5 Å². The highest BCUT2D eigenvalue weighted by Crippen LogP contribution is 2.39. The van der Waals surface area contributed by atoms with Crippen molar-refractivity contribution in [1.29, 1.82) is 0 Å². The van der Waals surface area contributed by atoms with E-state index in [4.69, 9.17) is 13.9 Å². The first-order valence-corrected chi connectivity index (χ1v) is 7.68. The fourth-order valence-electron chi connectivity index (χ4n) is 2.95.